The summed E-state index contributed by atoms with van der Waals surface area (Å²) < 4.78 is 0. The van der Waals surface area contributed by atoms with Gasteiger partial charge in [-0.3, -0.25) is 9.69 Å². The fourth-order valence-electron chi connectivity index (χ4n) is 6.36. The monoisotopic (exact) mass is 460 g/mol. The molecule has 0 aromatic heterocycles. The lowest BCUT2D eigenvalue weighted by Crippen LogP contribution is -2.32. The standard InChI is InChI=1S/C31H44N2O/c1-5-7-9-17-31(18-10-8-6-2)27-15-16-28(25-13-11-14-26(29(25)27)30(31)34)33-20-12-19-32(21-22-33)23-24(3)4/h11,13-16H,3,5-10,12,17-23H2,1-2,4H3. The van der Waals surface area contributed by atoms with Gasteiger partial charge in [-0.15, -0.1) is 0 Å². The quantitative estimate of drug-likeness (QED) is 0.256. The number of unbranched alkanes of at least 4 members (excludes halogenated alkanes) is 4. The first-order valence-corrected chi connectivity index (χ1v) is 13.7. The third-order valence-corrected chi connectivity index (χ3v) is 8.05. The van der Waals surface area contributed by atoms with Crippen molar-refractivity contribution in [3.05, 3.63) is 53.6 Å². The van der Waals surface area contributed by atoms with Gasteiger partial charge < -0.3 is 4.90 Å². The highest BCUT2D eigenvalue weighted by Gasteiger charge is 2.46. The van der Waals surface area contributed by atoms with Crippen molar-refractivity contribution < 1.29 is 4.79 Å². The van der Waals surface area contributed by atoms with Crippen molar-refractivity contribution >= 4 is 22.2 Å². The van der Waals surface area contributed by atoms with E-state index >= 15 is 0 Å². The zero-order chi connectivity index (χ0) is 24.1. The second-order valence-corrected chi connectivity index (χ2v) is 10.8. The average Bonchev–Trinajstić information content (AvgIpc) is 2.95. The normalized spacial score (nSPS) is 18.0. The van der Waals surface area contributed by atoms with Crippen LogP contribution in [0, 0.1) is 0 Å². The lowest BCUT2D eigenvalue weighted by atomic mass is 9.72. The van der Waals surface area contributed by atoms with E-state index in [-0.39, 0.29) is 5.41 Å². The van der Waals surface area contributed by atoms with Gasteiger partial charge in [0.05, 0.1) is 5.41 Å². The molecule has 0 radical (unpaired) electrons. The number of rotatable bonds is 11. The van der Waals surface area contributed by atoms with Gasteiger partial charge in [0.2, 0.25) is 0 Å². The van der Waals surface area contributed by atoms with Gasteiger partial charge in [0, 0.05) is 49.4 Å². The summed E-state index contributed by atoms with van der Waals surface area (Å²) in [6, 6.07) is 11.1. The Morgan fingerprint density at radius 3 is 2.35 bits per heavy atom. The predicted octanol–water partition coefficient (Wildman–Crippen LogP) is 7.52. The van der Waals surface area contributed by atoms with E-state index in [0.717, 1.165) is 70.4 Å². The lowest BCUT2D eigenvalue weighted by molar-refractivity contribution is 0.0870. The summed E-state index contributed by atoms with van der Waals surface area (Å²) in [5.41, 5.74) is 4.52. The molecule has 1 fully saturated rings. The Hall–Kier alpha value is -2.13. The molecule has 3 heteroatoms. The summed E-state index contributed by atoms with van der Waals surface area (Å²) in [6.07, 6.45) is 10.2. The van der Waals surface area contributed by atoms with Crippen molar-refractivity contribution in [2.75, 3.05) is 37.6 Å². The van der Waals surface area contributed by atoms with Crippen LogP contribution < -0.4 is 4.90 Å². The van der Waals surface area contributed by atoms with Gasteiger partial charge in [-0.25, -0.2) is 0 Å². The smallest absolute Gasteiger partial charge is 0.174 e. The first-order chi connectivity index (χ1) is 16.5. The van der Waals surface area contributed by atoms with Gasteiger partial charge in [0.15, 0.2) is 5.78 Å². The largest absolute Gasteiger partial charge is 0.370 e. The van der Waals surface area contributed by atoms with E-state index in [1.807, 2.05) is 0 Å². The summed E-state index contributed by atoms with van der Waals surface area (Å²) in [4.78, 5) is 19.1. The Morgan fingerprint density at radius 1 is 0.941 bits per heavy atom. The number of anilines is 1. The van der Waals surface area contributed by atoms with Crippen molar-refractivity contribution in [3.8, 4) is 0 Å². The minimum Gasteiger partial charge on any atom is -0.370 e. The molecular weight excluding hydrogens is 416 g/mol. The maximum atomic E-state index is 14.0. The Morgan fingerprint density at radius 2 is 1.68 bits per heavy atom. The van der Waals surface area contributed by atoms with Crippen LogP contribution in [-0.2, 0) is 5.41 Å². The molecular formula is C31H44N2O. The van der Waals surface area contributed by atoms with Gasteiger partial charge >= 0.3 is 0 Å². The van der Waals surface area contributed by atoms with Gasteiger partial charge in [-0.05, 0) is 43.2 Å². The van der Waals surface area contributed by atoms with Gasteiger partial charge in [0.1, 0.15) is 0 Å². The molecule has 2 aromatic rings. The van der Waals surface area contributed by atoms with Crippen LogP contribution in [0.25, 0.3) is 10.8 Å². The average molecular weight is 461 g/mol. The maximum Gasteiger partial charge on any atom is 0.174 e. The SMILES string of the molecule is C=C(C)CN1CCCN(c2ccc3c4c(cccc24)C(=O)C3(CCCCC)CCCCC)CC1. The lowest BCUT2D eigenvalue weighted by Gasteiger charge is -2.30. The molecule has 0 amide bonds. The highest BCUT2D eigenvalue weighted by molar-refractivity contribution is 6.22. The summed E-state index contributed by atoms with van der Waals surface area (Å²) in [7, 11) is 0. The fourth-order valence-corrected chi connectivity index (χ4v) is 6.36. The minimum atomic E-state index is -0.318. The molecule has 0 spiro atoms. The number of ketones is 1. The molecule has 4 rings (SSSR count). The number of hydrogen-bond donors (Lipinski definition) is 0. The molecule has 0 saturated carbocycles. The van der Waals surface area contributed by atoms with E-state index in [1.165, 1.54) is 53.3 Å². The Kier molecular flexibility index (Phi) is 8.14. The summed E-state index contributed by atoms with van der Waals surface area (Å²) in [5, 5.41) is 2.53. The van der Waals surface area contributed by atoms with Crippen LogP contribution in [0.2, 0.25) is 0 Å². The number of benzene rings is 2. The molecule has 3 nitrogen and oxygen atoms in total. The Balaban J connectivity index is 1.70. The number of hydrogen-bond acceptors (Lipinski definition) is 3. The third kappa shape index (κ3) is 4.82. The molecule has 1 aliphatic carbocycles. The zero-order valence-corrected chi connectivity index (χ0v) is 21.8. The first kappa shape index (κ1) is 25.0. The van der Waals surface area contributed by atoms with Crippen LogP contribution in [0.5, 0.6) is 0 Å². The zero-order valence-electron chi connectivity index (χ0n) is 21.8. The van der Waals surface area contributed by atoms with Crippen molar-refractivity contribution in [1.82, 2.24) is 4.90 Å². The predicted molar refractivity (Wildman–Crippen MR) is 146 cm³/mol. The van der Waals surface area contributed by atoms with E-state index in [0.29, 0.717) is 5.78 Å². The highest BCUT2D eigenvalue weighted by Crippen LogP contribution is 2.50. The van der Waals surface area contributed by atoms with Gasteiger partial charge in [-0.2, -0.15) is 0 Å². The van der Waals surface area contributed by atoms with Crippen LogP contribution in [0.15, 0.2) is 42.5 Å². The van der Waals surface area contributed by atoms with Gasteiger partial charge in [-0.1, -0.05) is 88.8 Å². The Labute approximate surface area is 207 Å². The van der Waals surface area contributed by atoms with Crippen LogP contribution >= 0.6 is 0 Å². The number of carbonyl (C=O) groups is 1. The van der Waals surface area contributed by atoms with Crippen molar-refractivity contribution in [1.29, 1.82) is 0 Å². The third-order valence-electron chi connectivity index (χ3n) is 8.05. The second kappa shape index (κ2) is 11.1. The molecule has 0 atom stereocenters. The van der Waals surface area contributed by atoms with E-state index in [2.05, 4.69) is 67.5 Å². The van der Waals surface area contributed by atoms with Crippen LogP contribution in [0.4, 0.5) is 5.69 Å². The first-order valence-electron chi connectivity index (χ1n) is 13.7. The Bertz CT molecular complexity index is 1010. The molecule has 1 saturated heterocycles. The topological polar surface area (TPSA) is 23.6 Å². The second-order valence-electron chi connectivity index (χ2n) is 10.8. The summed E-state index contributed by atoms with van der Waals surface area (Å²) >= 11 is 0. The number of nitrogens with zero attached hydrogens (tertiary/aromatic N) is 2. The van der Waals surface area contributed by atoms with Gasteiger partial charge in [0.25, 0.3) is 0 Å². The van der Waals surface area contributed by atoms with E-state index < -0.39 is 0 Å². The molecule has 2 aliphatic rings. The fraction of sp³-hybridized carbons (Fsp3) is 0.581. The van der Waals surface area contributed by atoms with Crippen molar-refractivity contribution in [3.63, 3.8) is 0 Å². The summed E-state index contributed by atoms with van der Waals surface area (Å²) in [6.45, 7) is 16.0. The minimum absolute atomic E-state index is 0.318. The van der Waals surface area contributed by atoms with E-state index in [9.17, 15) is 4.79 Å². The molecule has 1 heterocycles. The number of Topliss-reactive ketones (excluding diaryl/α,β-unsaturated/α-hetero) is 1. The van der Waals surface area contributed by atoms with Crippen LogP contribution in [0.3, 0.4) is 0 Å². The highest BCUT2D eigenvalue weighted by atomic mass is 16.1. The van der Waals surface area contributed by atoms with E-state index in [1.54, 1.807) is 0 Å². The summed E-state index contributed by atoms with van der Waals surface area (Å²) in [5.74, 6) is 0.390. The molecule has 34 heavy (non-hydrogen) atoms. The molecule has 1 aliphatic heterocycles. The van der Waals surface area contributed by atoms with Crippen molar-refractivity contribution in [2.45, 2.75) is 84.0 Å². The molecule has 2 aromatic carbocycles. The molecule has 0 bridgehead atoms. The van der Waals surface area contributed by atoms with Crippen LogP contribution in [0.1, 0.15) is 94.5 Å². The maximum absolute atomic E-state index is 14.0. The molecule has 0 N–H and O–H groups in total. The van der Waals surface area contributed by atoms with E-state index in [4.69, 9.17) is 0 Å². The number of carbonyl (C=O) groups excluding carboxylic acids is 1. The molecule has 184 valence electrons. The van der Waals surface area contributed by atoms with Crippen LogP contribution in [-0.4, -0.2) is 43.4 Å². The molecule has 0 unspecified atom stereocenters. The van der Waals surface area contributed by atoms with Crippen molar-refractivity contribution in [2.24, 2.45) is 0 Å².